The number of aryl methyl sites for hydroxylation is 3. The molecule has 0 spiro atoms. The van der Waals surface area contributed by atoms with Crippen molar-refractivity contribution in [2.45, 2.75) is 46.2 Å². The van der Waals surface area contributed by atoms with E-state index >= 15 is 0 Å². The summed E-state index contributed by atoms with van der Waals surface area (Å²) in [6, 6.07) is 7.13. The third kappa shape index (κ3) is 4.85. The molecule has 0 unspecified atom stereocenters. The fourth-order valence-corrected chi connectivity index (χ4v) is 4.79. The standard InChI is InChI=1S/C15H15NO4.C14H15NO4/c1-8-3-6-10-12(14(8)20-2)16(9-4-5-9)7-11(13(10)17)15(18)19;1-4-15-7-10(14(17)18)12(16)9-6-5-8(2)13(19-3)11(9)15/h3,6-7,9H,4-5H2,1-2H3,(H,18,19);5-7H,4H2,1-3H3,(H,17,18). The summed E-state index contributed by atoms with van der Waals surface area (Å²) < 4.78 is 14.4. The van der Waals surface area contributed by atoms with Crippen molar-refractivity contribution in [3.05, 3.63) is 79.4 Å². The Labute approximate surface area is 223 Å². The molecule has 0 atom stereocenters. The summed E-state index contributed by atoms with van der Waals surface area (Å²) in [6.07, 6.45) is 4.81. The lowest BCUT2D eigenvalue weighted by Gasteiger charge is -2.16. The van der Waals surface area contributed by atoms with Crippen molar-refractivity contribution in [3.8, 4) is 11.5 Å². The second kappa shape index (κ2) is 10.6. The molecule has 10 nitrogen and oxygen atoms in total. The van der Waals surface area contributed by atoms with Gasteiger partial charge in [-0.15, -0.1) is 0 Å². The molecule has 0 saturated heterocycles. The molecule has 1 saturated carbocycles. The van der Waals surface area contributed by atoms with Crippen molar-refractivity contribution >= 4 is 33.7 Å². The number of hydrogen-bond donors (Lipinski definition) is 2. The number of carbonyl (C=O) groups is 2. The molecule has 0 bridgehead atoms. The van der Waals surface area contributed by atoms with Crippen molar-refractivity contribution in [3.63, 3.8) is 0 Å². The molecular weight excluding hydrogens is 504 g/mol. The van der Waals surface area contributed by atoms with Crippen LogP contribution < -0.4 is 20.3 Å². The van der Waals surface area contributed by atoms with E-state index in [1.54, 1.807) is 35.9 Å². The Morgan fingerprint density at radius 3 is 1.72 bits per heavy atom. The van der Waals surface area contributed by atoms with Gasteiger partial charge in [-0.25, -0.2) is 9.59 Å². The number of rotatable bonds is 6. The zero-order valence-corrected chi connectivity index (χ0v) is 22.4. The van der Waals surface area contributed by atoms with E-state index in [9.17, 15) is 24.3 Å². The van der Waals surface area contributed by atoms with Crippen molar-refractivity contribution in [2.75, 3.05) is 14.2 Å². The fourth-order valence-electron chi connectivity index (χ4n) is 4.79. The molecule has 2 aromatic carbocycles. The van der Waals surface area contributed by atoms with Crippen LogP contribution in [-0.4, -0.2) is 45.5 Å². The minimum absolute atomic E-state index is 0.185. The molecule has 2 N–H and O–H groups in total. The largest absolute Gasteiger partial charge is 0.494 e. The Balaban J connectivity index is 0.000000181. The van der Waals surface area contributed by atoms with Gasteiger partial charge in [-0.2, -0.15) is 0 Å². The number of aromatic carboxylic acids is 2. The van der Waals surface area contributed by atoms with E-state index in [4.69, 9.17) is 14.6 Å². The summed E-state index contributed by atoms with van der Waals surface area (Å²) in [4.78, 5) is 46.8. The van der Waals surface area contributed by atoms with Crippen LogP contribution in [0.15, 0.2) is 46.2 Å². The van der Waals surface area contributed by atoms with Gasteiger partial charge in [0.2, 0.25) is 10.9 Å². The molecule has 1 fully saturated rings. The number of benzene rings is 2. The number of hydrogen-bond acceptors (Lipinski definition) is 6. The SMILES string of the molecule is CCn1cc(C(=O)O)c(=O)c2ccc(C)c(OC)c21.COc1c(C)ccc2c(=O)c(C(=O)O)cn(C3CC3)c12. The van der Waals surface area contributed by atoms with E-state index < -0.39 is 22.8 Å². The highest BCUT2D eigenvalue weighted by Crippen LogP contribution is 2.40. The van der Waals surface area contributed by atoms with Gasteiger partial charge in [0.15, 0.2) is 0 Å². The van der Waals surface area contributed by atoms with Gasteiger partial charge >= 0.3 is 11.9 Å². The van der Waals surface area contributed by atoms with E-state index in [2.05, 4.69) is 0 Å². The highest BCUT2D eigenvalue weighted by Gasteiger charge is 2.28. The summed E-state index contributed by atoms with van der Waals surface area (Å²) in [5.41, 5.74) is 1.82. The minimum Gasteiger partial charge on any atom is -0.494 e. The average molecular weight is 535 g/mol. The lowest BCUT2D eigenvalue weighted by atomic mass is 10.1. The van der Waals surface area contributed by atoms with Crippen LogP contribution >= 0.6 is 0 Å². The molecule has 2 aromatic heterocycles. The first-order valence-electron chi connectivity index (χ1n) is 12.4. The number of ether oxygens (including phenoxy) is 2. The van der Waals surface area contributed by atoms with Crippen molar-refractivity contribution in [2.24, 2.45) is 0 Å². The first-order chi connectivity index (χ1) is 18.5. The van der Waals surface area contributed by atoms with E-state index in [1.165, 1.54) is 19.5 Å². The van der Waals surface area contributed by atoms with Gasteiger partial charge in [0.05, 0.1) is 36.0 Å². The highest BCUT2D eigenvalue weighted by molar-refractivity contribution is 5.95. The second-order valence-corrected chi connectivity index (χ2v) is 9.40. The Bertz CT molecular complexity index is 1750. The number of methoxy groups -OCH3 is 2. The quantitative estimate of drug-likeness (QED) is 0.372. The minimum atomic E-state index is -1.21. The van der Waals surface area contributed by atoms with Gasteiger partial charge in [0.25, 0.3) is 0 Å². The van der Waals surface area contributed by atoms with Crippen LogP contribution in [0.1, 0.15) is 57.7 Å². The smallest absolute Gasteiger partial charge is 0.341 e. The summed E-state index contributed by atoms with van der Waals surface area (Å²) >= 11 is 0. The molecule has 5 rings (SSSR count). The maximum Gasteiger partial charge on any atom is 0.341 e. The molecule has 1 aliphatic carbocycles. The zero-order valence-electron chi connectivity index (χ0n) is 22.4. The molecule has 1 aliphatic rings. The molecule has 204 valence electrons. The van der Waals surface area contributed by atoms with Crippen LogP contribution in [0.25, 0.3) is 21.8 Å². The van der Waals surface area contributed by atoms with Crippen molar-refractivity contribution in [1.29, 1.82) is 0 Å². The van der Waals surface area contributed by atoms with Gasteiger partial charge in [-0.05, 0) is 56.9 Å². The number of fused-ring (bicyclic) bond motifs is 2. The normalized spacial score (nSPS) is 12.6. The number of carboxylic acid groups (broad SMARTS) is 2. The predicted octanol–water partition coefficient (Wildman–Crippen LogP) is 4.39. The van der Waals surface area contributed by atoms with Crippen LogP contribution in [0, 0.1) is 13.8 Å². The van der Waals surface area contributed by atoms with Crippen LogP contribution in [0.2, 0.25) is 0 Å². The molecule has 39 heavy (non-hydrogen) atoms. The Hall–Kier alpha value is -4.60. The molecule has 2 heterocycles. The number of pyridine rings is 2. The summed E-state index contributed by atoms with van der Waals surface area (Å²) in [7, 11) is 3.10. The zero-order chi connectivity index (χ0) is 28.6. The first kappa shape index (κ1) is 27.4. The Kier molecular flexibility index (Phi) is 7.49. The first-order valence-corrected chi connectivity index (χ1v) is 12.4. The molecular formula is C29H30N2O8. The van der Waals surface area contributed by atoms with Crippen LogP contribution in [0.4, 0.5) is 0 Å². The highest BCUT2D eigenvalue weighted by atomic mass is 16.5. The van der Waals surface area contributed by atoms with Gasteiger partial charge in [-0.3, -0.25) is 9.59 Å². The third-order valence-electron chi connectivity index (χ3n) is 6.88. The van der Waals surface area contributed by atoms with Gasteiger partial charge in [-0.1, -0.05) is 12.1 Å². The van der Waals surface area contributed by atoms with Crippen molar-refractivity contribution < 1.29 is 29.3 Å². The van der Waals surface area contributed by atoms with Crippen LogP contribution in [0.3, 0.4) is 0 Å². The number of nitrogens with zero attached hydrogens (tertiary/aromatic N) is 2. The monoisotopic (exact) mass is 534 g/mol. The maximum atomic E-state index is 12.3. The van der Waals surface area contributed by atoms with Gasteiger partial charge in [0.1, 0.15) is 22.6 Å². The van der Waals surface area contributed by atoms with E-state index in [-0.39, 0.29) is 17.2 Å². The van der Waals surface area contributed by atoms with Crippen LogP contribution in [-0.2, 0) is 6.54 Å². The maximum absolute atomic E-state index is 12.3. The fraction of sp³-hybridized carbons (Fsp3) is 0.310. The van der Waals surface area contributed by atoms with Gasteiger partial charge < -0.3 is 28.8 Å². The molecule has 10 heteroatoms. The lowest BCUT2D eigenvalue weighted by molar-refractivity contribution is 0.0684. The lowest BCUT2D eigenvalue weighted by Crippen LogP contribution is -2.19. The third-order valence-corrected chi connectivity index (χ3v) is 6.88. The molecule has 0 amide bonds. The van der Waals surface area contributed by atoms with E-state index in [0.29, 0.717) is 39.8 Å². The van der Waals surface area contributed by atoms with Crippen LogP contribution in [0.5, 0.6) is 11.5 Å². The van der Waals surface area contributed by atoms with E-state index in [1.807, 2.05) is 25.3 Å². The number of carboxylic acids is 2. The van der Waals surface area contributed by atoms with Gasteiger partial charge in [0, 0.05) is 25.0 Å². The molecule has 4 aromatic rings. The summed E-state index contributed by atoms with van der Waals surface area (Å²) in [5.74, 6) is -1.16. The summed E-state index contributed by atoms with van der Waals surface area (Å²) in [6.45, 7) is 6.23. The molecule has 0 aliphatic heterocycles. The molecule has 0 radical (unpaired) electrons. The Morgan fingerprint density at radius 1 is 0.821 bits per heavy atom. The second-order valence-electron chi connectivity index (χ2n) is 9.40. The topological polar surface area (TPSA) is 137 Å². The number of aromatic nitrogens is 2. The van der Waals surface area contributed by atoms with E-state index in [0.717, 1.165) is 24.0 Å². The predicted molar refractivity (Wildman–Crippen MR) is 147 cm³/mol. The average Bonchev–Trinajstić information content (AvgIpc) is 3.74. The van der Waals surface area contributed by atoms with Crippen molar-refractivity contribution in [1.82, 2.24) is 9.13 Å². The Morgan fingerprint density at radius 2 is 1.28 bits per heavy atom. The summed E-state index contributed by atoms with van der Waals surface area (Å²) in [5, 5.41) is 19.0.